The highest BCUT2D eigenvalue weighted by Crippen LogP contribution is 2.29. The molecule has 24 heavy (non-hydrogen) atoms. The number of amides is 1. The maximum Gasteiger partial charge on any atom is 0.234 e. The zero-order chi connectivity index (χ0) is 17.7. The van der Waals surface area contributed by atoms with Crippen LogP contribution >= 0.6 is 23.4 Å². The number of rotatable bonds is 5. The normalized spacial score (nSPS) is 11.2. The minimum atomic E-state index is -0.0968. The summed E-state index contributed by atoms with van der Waals surface area (Å²) in [6.07, 6.45) is 0. The van der Waals surface area contributed by atoms with Crippen LogP contribution in [0.4, 0.5) is 5.69 Å². The summed E-state index contributed by atoms with van der Waals surface area (Å²) in [5, 5.41) is 3.39. The maximum atomic E-state index is 12.2. The Balaban J connectivity index is 1.95. The topological polar surface area (TPSA) is 38.3 Å². The second-order valence-corrected chi connectivity index (χ2v) is 7.94. The van der Waals surface area contributed by atoms with Crippen molar-refractivity contribution >= 4 is 35.0 Å². The number of carbonyl (C=O) groups is 1. The van der Waals surface area contributed by atoms with E-state index in [1.54, 1.807) is 25.3 Å². The molecule has 0 aliphatic carbocycles. The third-order valence-electron chi connectivity index (χ3n) is 3.53. The summed E-state index contributed by atoms with van der Waals surface area (Å²) in [5.74, 6) is 0.817. The van der Waals surface area contributed by atoms with Crippen LogP contribution in [0, 0.1) is 0 Å². The average Bonchev–Trinajstić information content (AvgIpc) is 2.53. The number of ether oxygens (including phenoxy) is 1. The first-order valence-corrected chi connectivity index (χ1v) is 9.02. The highest BCUT2D eigenvalue weighted by atomic mass is 35.5. The summed E-state index contributed by atoms with van der Waals surface area (Å²) in [6, 6.07) is 13.5. The highest BCUT2D eigenvalue weighted by Gasteiger charge is 2.13. The number of anilines is 1. The van der Waals surface area contributed by atoms with E-state index in [1.807, 2.05) is 0 Å². The van der Waals surface area contributed by atoms with Crippen molar-refractivity contribution in [3.8, 4) is 5.75 Å². The second-order valence-electron chi connectivity index (χ2n) is 6.46. The third kappa shape index (κ3) is 5.18. The molecular formula is C19H22ClNO2S. The minimum absolute atomic E-state index is 0.0968. The molecule has 0 spiro atoms. The van der Waals surface area contributed by atoms with Gasteiger partial charge in [-0.05, 0) is 41.3 Å². The first-order valence-electron chi connectivity index (χ1n) is 7.66. The van der Waals surface area contributed by atoms with Gasteiger partial charge in [0.05, 0.1) is 18.6 Å². The van der Waals surface area contributed by atoms with Crippen molar-refractivity contribution in [1.82, 2.24) is 0 Å². The minimum Gasteiger partial charge on any atom is -0.495 e. The molecule has 0 unspecified atom stereocenters. The molecule has 0 bridgehead atoms. The van der Waals surface area contributed by atoms with Crippen LogP contribution in [0.25, 0.3) is 0 Å². The predicted octanol–water partition coefficient (Wildman–Crippen LogP) is 5.38. The number of benzene rings is 2. The molecule has 2 aromatic carbocycles. The van der Waals surface area contributed by atoms with E-state index in [2.05, 4.69) is 50.4 Å². The van der Waals surface area contributed by atoms with Crippen molar-refractivity contribution in [2.24, 2.45) is 0 Å². The average molecular weight is 364 g/mol. The standard InChI is InChI=1S/C19H22ClNO2S/c1-19(2,3)13-5-8-15(9-6-13)24-12-18(22)21-16-11-14(20)7-10-17(16)23-4/h5-11H,12H2,1-4H3,(H,21,22). The van der Waals surface area contributed by atoms with Gasteiger partial charge >= 0.3 is 0 Å². The summed E-state index contributed by atoms with van der Waals surface area (Å²) in [4.78, 5) is 13.2. The Morgan fingerprint density at radius 2 is 1.83 bits per heavy atom. The number of methoxy groups -OCH3 is 1. The Labute approximate surface area is 152 Å². The van der Waals surface area contributed by atoms with E-state index in [4.69, 9.17) is 16.3 Å². The van der Waals surface area contributed by atoms with Crippen LogP contribution in [0.2, 0.25) is 5.02 Å². The van der Waals surface area contributed by atoms with Gasteiger partial charge in [0.15, 0.2) is 0 Å². The molecule has 0 fully saturated rings. The molecule has 0 atom stereocenters. The molecule has 2 aromatic rings. The summed E-state index contributed by atoms with van der Waals surface area (Å²) >= 11 is 7.47. The Hall–Kier alpha value is -1.65. The molecule has 0 aromatic heterocycles. The molecule has 0 radical (unpaired) electrons. The lowest BCUT2D eigenvalue weighted by Crippen LogP contribution is -2.14. The molecule has 0 heterocycles. The van der Waals surface area contributed by atoms with E-state index >= 15 is 0 Å². The van der Waals surface area contributed by atoms with Crippen LogP contribution in [0.3, 0.4) is 0 Å². The highest BCUT2D eigenvalue weighted by molar-refractivity contribution is 8.00. The number of hydrogen-bond donors (Lipinski definition) is 1. The zero-order valence-corrected chi connectivity index (χ0v) is 15.9. The molecule has 0 saturated carbocycles. The maximum absolute atomic E-state index is 12.2. The van der Waals surface area contributed by atoms with E-state index in [0.717, 1.165) is 4.90 Å². The molecule has 0 saturated heterocycles. The van der Waals surface area contributed by atoms with Crippen LogP contribution < -0.4 is 10.1 Å². The quantitative estimate of drug-likeness (QED) is 0.725. The number of nitrogens with one attached hydrogen (secondary N) is 1. The number of thioether (sulfide) groups is 1. The molecule has 1 N–H and O–H groups in total. The van der Waals surface area contributed by atoms with E-state index in [-0.39, 0.29) is 11.3 Å². The second kappa shape index (κ2) is 7.95. The fourth-order valence-electron chi connectivity index (χ4n) is 2.16. The summed E-state index contributed by atoms with van der Waals surface area (Å²) < 4.78 is 5.23. The van der Waals surface area contributed by atoms with E-state index in [0.29, 0.717) is 22.2 Å². The third-order valence-corrected chi connectivity index (χ3v) is 4.77. The van der Waals surface area contributed by atoms with Crippen molar-refractivity contribution in [1.29, 1.82) is 0 Å². The van der Waals surface area contributed by atoms with Gasteiger partial charge in [0, 0.05) is 9.92 Å². The monoisotopic (exact) mass is 363 g/mol. The lowest BCUT2D eigenvalue weighted by molar-refractivity contribution is -0.113. The van der Waals surface area contributed by atoms with Gasteiger partial charge in [0.2, 0.25) is 5.91 Å². The number of halogens is 1. The lowest BCUT2D eigenvalue weighted by atomic mass is 9.87. The van der Waals surface area contributed by atoms with Gasteiger partial charge in [-0.2, -0.15) is 0 Å². The van der Waals surface area contributed by atoms with Gasteiger partial charge in [-0.15, -0.1) is 11.8 Å². The van der Waals surface area contributed by atoms with Gasteiger partial charge in [-0.1, -0.05) is 44.5 Å². The summed E-state index contributed by atoms with van der Waals surface area (Å²) in [5.41, 5.74) is 1.99. The number of carbonyl (C=O) groups excluding carboxylic acids is 1. The molecule has 128 valence electrons. The SMILES string of the molecule is COc1ccc(Cl)cc1NC(=O)CSc1ccc(C(C)(C)C)cc1. The first kappa shape index (κ1) is 18.7. The van der Waals surface area contributed by atoms with Gasteiger partial charge in [-0.3, -0.25) is 4.79 Å². The molecule has 2 rings (SSSR count). The Kier molecular flexibility index (Phi) is 6.19. The molecule has 1 amide bonds. The van der Waals surface area contributed by atoms with E-state index in [9.17, 15) is 4.79 Å². The van der Waals surface area contributed by atoms with Crippen LogP contribution in [0.15, 0.2) is 47.4 Å². The largest absolute Gasteiger partial charge is 0.495 e. The Morgan fingerprint density at radius 3 is 2.42 bits per heavy atom. The van der Waals surface area contributed by atoms with Crippen molar-refractivity contribution < 1.29 is 9.53 Å². The van der Waals surface area contributed by atoms with Crippen molar-refractivity contribution in [2.45, 2.75) is 31.1 Å². The zero-order valence-electron chi connectivity index (χ0n) is 14.4. The van der Waals surface area contributed by atoms with Crippen LogP contribution in [-0.4, -0.2) is 18.8 Å². The van der Waals surface area contributed by atoms with Crippen molar-refractivity contribution in [3.63, 3.8) is 0 Å². The predicted molar refractivity (Wildman–Crippen MR) is 102 cm³/mol. The molecule has 3 nitrogen and oxygen atoms in total. The van der Waals surface area contributed by atoms with Gasteiger partial charge in [-0.25, -0.2) is 0 Å². The first-order chi connectivity index (χ1) is 11.3. The molecule has 5 heteroatoms. The summed E-state index contributed by atoms with van der Waals surface area (Å²) in [7, 11) is 1.56. The molecule has 0 aliphatic heterocycles. The van der Waals surface area contributed by atoms with Crippen LogP contribution in [0.5, 0.6) is 5.75 Å². The smallest absolute Gasteiger partial charge is 0.234 e. The van der Waals surface area contributed by atoms with Crippen molar-refractivity contribution in [3.05, 3.63) is 53.1 Å². The van der Waals surface area contributed by atoms with Crippen LogP contribution in [0.1, 0.15) is 26.3 Å². The van der Waals surface area contributed by atoms with Gasteiger partial charge in [0.1, 0.15) is 5.75 Å². The van der Waals surface area contributed by atoms with Crippen molar-refractivity contribution in [2.75, 3.05) is 18.2 Å². The number of hydrogen-bond acceptors (Lipinski definition) is 3. The van der Waals surface area contributed by atoms with E-state index in [1.165, 1.54) is 17.3 Å². The lowest BCUT2D eigenvalue weighted by Gasteiger charge is -2.19. The fourth-order valence-corrected chi connectivity index (χ4v) is 3.03. The summed E-state index contributed by atoms with van der Waals surface area (Å²) in [6.45, 7) is 6.54. The Bertz CT molecular complexity index is 708. The molecule has 0 aliphatic rings. The Morgan fingerprint density at radius 1 is 1.17 bits per heavy atom. The molecular weight excluding hydrogens is 342 g/mol. The fraction of sp³-hybridized carbons (Fsp3) is 0.316. The van der Waals surface area contributed by atoms with E-state index < -0.39 is 0 Å². The van der Waals surface area contributed by atoms with Gasteiger partial charge < -0.3 is 10.1 Å². The van der Waals surface area contributed by atoms with Crippen LogP contribution in [-0.2, 0) is 10.2 Å². The van der Waals surface area contributed by atoms with Gasteiger partial charge in [0.25, 0.3) is 0 Å².